The van der Waals surface area contributed by atoms with Gasteiger partial charge >= 0.3 is 0 Å². The lowest BCUT2D eigenvalue weighted by molar-refractivity contribution is 0.102. The molecule has 6 nitrogen and oxygen atoms in total. The minimum atomic E-state index is -0.195. The molecule has 3 heterocycles. The molecule has 0 saturated carbocycles. The Morgan fingerprint density at radius 3 is 2.76 bits per heavy atom. The Bertz CT molecular complexity index is 1300. The maximum Gasteiger partial charge on any atom is 0.259 e. The third kappa shape index (κ3) is 4.50. The number of amides is 1. The molecular weight excluding hydrogens is 430 g/mol. The highest BCUT2D eigenvalue weighted by Gasteiger charge is 2.19. The highest BCUT2D eigenvalue weighted by molar-refractivity contribution is 7.15. The van der Waals surface area contributed by atoms with Crippen molar-refractivity contribution in [2.45, 2.75) is 40.0 Å². The second kappa shape index (κ2) is 8.98. The number of nitrogens with one attached hydrogen (secondary N) is 2. The van der Waals surface area contributed by atoms with Gasteiger partial charge in [0.05, 0.1) is 11.1 Å². The van der Waals surface area contributed by atoms with Crippen molar-refractivity contribution >= 4 is 39.1 Å². The smallest absolute Gasteiger partial charge is 0.259 e. The van der Waals surface area contributed by atoms with Crippen molar-refractivity contribution in [3.05, 3.63) is 58.6 Å². The Labute approximate surface area is 198 Å². The number of imidazole rings is 1. The van der Waals surface area contributed by atoms with Crippen LogP contribution in [0.3, 0.4) is 0 Å². The number of para-hydroxylation sites is 1. The molecule has 2 N–H and O–H groups in total. The fourth-order valence-electron chi connectivity index (χ4n) is 4.51. The van der Waals surface area contributed by atoms with Gasteiger partial charge < -0.3 is 9.88 Å². The van der Waals surface area contributed by atoms with Crippen LogP contribution in [0.25, 0.3) is 22.4 Å². The highest BCUT2D eigenvalue weighted by Crippen LogP contribution is 2.32. The molecule has 2 aromatic carbocycles. The minimum absolute atomic E-state index is 0.195. The zero-order valence-electron chi connectivity index (χ0n) is 19.3. The Hall–Kier alpha value is -3.19. The third-order valence-corrected chi connectivity index (χ3v) is 6.87. The molecule has 4 aromatic rings. The third-order valence-electron chi connectivity index (χ3n) is 6.04. The number of anilines is 2. The summed E-state index contributed by atoms with van der Waals surface area (Å²) in [7, 11) is 0. The molecule has 33 heavy (non-hydrogen) atoms. The average molecular weight is 460 g/mol. The number of hydrogen-bond acceptors (Lipinski definition) is 5. The zero-order valence-corrected chi connectivity index (χ0v) is 20.1. The van der Waals surface area contributed by atoms with E-state index in [0.717, 1.165) is 41.3 Å². The van der Waals surface area contributed by atoms with Crippen LogP contribution < -0.4 is 10.2 Å². The molecule has 1 aliphatic rings. The topological polar surface area (TPSA) is 73.9 Å². The lowest BCUT2D eigenvalue weighted by Gasteiger charge is -2.20. The van der Waals surface area contributed by atoms with Crippen molar-refractivity contribution < 1.29 is 4.79 Å². The van der Waals surface area contributed by atoms with E-state index in [1.807, 2.05) is 25.1 Å². The molecule has 0 unspecified atom stereocenters. The molecule has 1 fully saturated rings. The number of nitrogens with zero attached hydrogens (tertiary/aromatic N) is 3. The van der Waals surface area contributed by atoms with Crippen molar-refractivity contribution in [3.63, 3.8) is 0 Å². The number of aromatic nitrogens is 3. The minimum Gasteiger partial charge on any atom is -0.372 e. The van der Waals surface area contributed by atoms with E-state index in [1.54, 1.807) is 6.20 Å². The summed E-state index contributed by atoms with van der Waals surface area (Å²) < 4.78 is 0. The van der Waals surface area contributed by atoms with Crippen molar-refractivity contribution in [2.24, 2.45) is 5.92 Å². The molecule has 170 valence electrons. The van der Waals surface area contributed by atoms with Crippen molar-refractivity contribution in [3.8, 4) is 11.4 Å². The van der Waals surface area contributed by atoms with Crippen LogP contribution in [0.1, 0.15) is 47.5 Å². The Morgan fingerprint density at radius 1 is 1.21 bits per heavy atom. The van der Waals surface area contributed by atoms with Crippen LogP contribution in [0.5, 0.6) is 0 Å². The molecule has 5 rings (SSSR count). The first-order valence-electron chi connectivity index (χ1n) is 11.6. The summed E-state index contributed by atoms with van der Waals surface area (Å²) in [6.45, 7) is 8.71. The summed E-state index contributed by atoms with van der Waals surface area (Å²) in [5.41, 5.74) is 5.76. The van der Waals surface area contributed by atoms with Crippen molar-refractivity contribution in [2.75, 3.05) is 23.3 Å². The second-order valence-electron chi connectivity index (χ2n) is 9.15. The number of fused-ring (bicyclic) bond motifs is 1. The number of rotatable bonds is 6. The average Bonchev–Trinajstić information content (AvgIpc) is 3.54. The molecule has 1 aliphatic heterocycles. The second-order valence-corrected chi connectivity index (χ2v) is 10.4. The first-order valence-corrected chi connectivity index (χ1v) is 12.4. The summed E-state index contributed by atoms with van der Waals surface area (Å²) in [4.78, 5) is 29.1. The van der Waals surface area contributed by atoms with Gasteiger partial charge in [-0.1, -0.05) is 19.9 Å². The molecule has 0 spiro atoms. The largest absolute Gasteiger partial charge is 0.372 e. The number of aromatic amines is 1. The fourth-order valence-corrected chi connectivity index (χ4v) is 5.17. The normalized spacial score (nSPS) is 13.9. The van der Waals surface area contributed by atoms with Crippen LogP contribution in [-0.2, 0) is 6.42 Å². The van der Waals surface area contributed by atoms with Crippen LogP contribution in [-0.4, -0.2) is 33.9 Å². The monoisotopic (exact) mass is 459 g/mol. The van der Waals surface area contributed by atoms with Gasteiger partial charge in [-0.2, -0.15) is 0 Å². The van der Waals surface area contributed by atoms with Crippen LogP contribution in [0.2, 0.25) is 0 Å². The van der Waals surface area contributed by atoms with Crippen molar-refractivity contribution in [1.29, 1.82) is 0 Å². The Morgan fingerprint density at radius 2 is 2.03 bits per heavy atom. The van der Waals surface area contributed by atoms with Crippen molar-refractivity contribution in [1.82, 2.24) is 15.0 Å². The first-order chi connectivity index (χ1) is 16.0. The van der Waals surface area contributed by atoms with Gasteiger partial charge in [0.15, 0.2) is 5.13 Å². The number of thiazole rings is 1. The van der Waals surface area contributed by atoms with E-state index in [2.05, 4.69) is 52.2 Å². The summed E-state index contributed by atoms with van der Waals surface area (Å²) >= 11 is 1.46. The molecular formula is C26H29N5OS. The molecule has 1 saturated heterocycles. The van der Waals surface area contributed by atoms with Gasteiger partial charge in [0.1, 0.15) is 11.3 Å². The summed E-state index contributed by atoms with van der Waals surface area (Å²) in [6, 6.07) is 12.4. The van der Waals surface area contributed by atoms with Gasteiger partial charge in [0.2, 0.25) is 0 Å². The molecule has 0 aliphatic carbocycles. The quantitative estimate of drug-likeness (QED) is 0.368. The predicted molar refractivity (Wildman–Crippen MR) is 136 cm³/mol. The maximum absolute atomic E-state index is 13.0. The number of aryl methyl sites for hydroxylation is 1. The van der Waals surface area contributed by atoms with E-state index in [0.29, 0.717) is 22.1 Å². The van der Waals surface area contributed by atoms with E-state index in [-0.39, 0.29) is 5.91 Å². The van der Waals surface area contributed by atoms with Crippen LogP contribution >= 0.6 is 11.3 Å². The number of benzene rings is 2. The predicted octanol–water partition coefficient (Wildman–Crippen LogP) is 6.05. The summed E-state index contributed by atoms with van der Waals surface area (Å²) in [6.07, 6.45) is 5.26. The molecule has 0 radical (unpaired) electrons. The van der Waals surface area contributed by atoms with E-state index >= 15 is 0 Å². The zero-order chi connectivity index (χ0) is 22.9. The van der Waals surface area contributed by atoms with Gasteiger partial charge in [-0.15, -0.1) is 11.3 Å². The lowest BCUT2D eigenvalue weighted by Crippen LogP contribution is -2.17. The summed E-state index contributed by atoms with van der Waals surface area (Å²) in [5.74, 6) is 1.14. The standard InChI is InChI=1S/C26H29N5OS/c1-16(2)13-18-14-19(31-11-4-5-12-31)9-10-20(18)24-28-22-8-6-7-21(23(22)29-24)25(32)30-26-27-15-17(3)33-26/h6-10,14-16H,4-5,11-13H2,1-3H3,(H,28,29)(H,27,30,32). The maximum atomic E-state index is 13.0. The lowest BCUT2D eigenvalue weighted by atomic mass is 9.96. The Balaban J connectivity index is 1.52. The fraction of sp³-hybridized carbons (Fsp3) is 0.346. The van der Waals surface area contributed by atoms with E-state index in [4.69, 9.17) is 4.98 Å². The molecule has 0 bridgehead atoms. The van der Waals surface area contributed by atoms with E-state index < -0.39 is 0 Å². The van der Waals surface area contributed by atoms with Gasteiger partial charge in [0.25, 0.3) is 5.91 Å². The molecule has 7 heteroatoms. The molecule has 0 atom stereocenters. The van der Waals surface area contributed by atoms with Gasteiger partial charge in [-0.3, -0.25) is 10.1 Å². The number of hydrogen-bond donors (Lipinski definition) is 2. The summed E-state index contributed by atoms with van der Waals surface area (Å²) in [5, 5.41) is 3.50. The van der Waals surface area contributed by atoms with Gasteiger partial charge in [-0.05, 0) is 68.0 Å². The number of carbonyl (C=O) groups excluding carboxylic acids is 1. The van der Waals surface area contributed by atoms with E-state index in [9.17, 15) is 4.79 Å². The molecule has 1 amide bonds. The van der Waals surface area contributed by atoms with Gasteiger partial charge in [0, 0.05) is 35.4 Å². The van der Waals surface area contributed by atoms with E-state index in [1.165, 1.54) is 35.4 Å². The van der Waals surface area contributed by atoms with Crippen LogP contribution in [0.15, 0.2) is 42.6 Å². The SMILES string of the molecule is Cc1cnc(NC(=O)c2cccc3[nH]c(-c4ccc(N5CCCC5)cc4CC(C)C)nc23)s1. The van der Waals surface area contributed by atoms with Crippen LogP contribution in [0.4, 0.5) is 10.8 Å². The number of carbonyl (C=O) groups is 1. The van der Waals surface area contributed by atoms with Gasteiger partial charge in [-0.25, -0.2) is 9.97 Å². The molecule has 2 aromatic heterocycles. The van der Waals surface area contributed by atoms with Crippen LogP contribution in [0, 0.1) is 12.8 Å². The Kier molecular flexibility index (Phi) is 5.89. The highest BCUT2D eigenvalue weighted by atomic mass is 32.1. The first kappa shape index (κ1) is 21.6. The number of H-pyrrole nitrogens is 1.